The van der Waals surface area contributed by atoms with E-state index in [9.17, 15) is 10.4 Å². The van der Waals surface area contributed by atoms with Crippen molar-refractivity contribution < 1.29 is 9.50 Å². The summed E-state index contributed by atoms with van der Waals surface area (Å²) in [6.45, 7) is 3.71. The molecule has 3 aliphatic rings. The van der Waals surface area contributed by atoms with Crippen LogP contribution < -0.4 is 20.4 Å². The Bertz CT molecular complexity index is 1670. The molecule has 3 unspecified atom stereocenters. The number of rotatable bonds is 6. The first-order valence-electron chi connectivity index (χ1n) is 14.5. The maximum absolute atomic E-state index is 16.7. The minimum atomic E-state index is -0.418. The summed E-state index contributed by atoms with van der Waals surface area (Å²) in [6.07, 6.45) is 3.54. The second-order valence-electron chi connectivity index (χ2n) is 12.0. The average Bonchev–Trinajstić information content (AvgIpc) is 3.55. The van der Waals surface area contributed by atoms with E-state index >= 15 is 4.39 Å². The average molecular weight is 552 g/mol. The summed E-state index contributed by atoms with van der Waals surface area (Å²) in [4.78, 5) is 14.4. The first-order chi connectivity index (χ1) is 20.0. The van der Waals surface area contributed by atoms with Crippen molar-refractivity contribution in [3.05, 3.63) is 54.3 Å². The van der Waals surface area contributed by atoms with Crippen LogP contribution in [0.2, 0.25) is 0 Å². The summed E-state index contributed by atoms with van der Waals surface area (Å²) >= 11 is 0. The maximum Gasteiger partial charge on any atom is 0.228 e. The minimum absolute atomic E-state index is 0.0917. The molecular weight excluding hydrogens is 517 g/mol. The Balaban J connectivity index is 1.39. The highest BCUT2D eigenvalue weighted by Gasteiger charge is 2.40. The molecule has 3 aromatic carbocycles. The van der Waals surface area contributed by atoms with Crippen LogP contribution in [0.1, 0.15) is 25.7 Å². The molecule has 0 spiro atoms. The quantitative estimate of drug-likeness (QED) is 0.321. The van der Waals surface area contributed by atoms with E-state index in [1.54, 1.807) is 18.2 Å². The highest BCUT2D eigenvalue weighted by Crippen LogP contribution is 2.40. The third-order valence-electron chi connectivity index (χ3n) is 9.15. The minimum Gasteiger partial charge on any atom is -0.508 e. The first-order valence-corrected chi connectivity index (χ1v) is 14.5. The van der Waals surface area contributed by atoms with E-state index in [-0.39, 0.29) is 16.7 Å². The zero-order chi connectivity index (χ0) is 28.1. The van der Waals surface area contributed by atoms with Crippen LogP contribution in [-0.4, -0.2) is 66.9 Å². The lowest BCUT2D eigenvalue weighted by atomic mass is 9.84. The topological polar surface area (TPSA) is 100 Å². The Hall–Kier alpha value is -4.00. The summed E-state index contributed by atoms with van der Waals surface area (Å²) < 4.78 is 16.7. The molecule has 3 saturated heterocycles. The lowest BCUT2D eigenvalue weighted by Crippen LogP contribution is -2.51. The molecule has 1 aromatic heterocycles. The summed E-state index contributed by atoms with van der Waals surface area (Å²) in [5.74, 6) is 0.945. The molecule has 4 heterocycles. The molecule has 4 aromatic rings. The van der Waals surface area contributed by atoms with Crippen LogP contribution >= 0.6 is 0 Å². The number of anilines is 2. The van der Waals surface area contributed by atoms with E-state index in [0.29, 0.717) is 54.1 Å². The van der Waals surface area contributed by atoms with Gasteiger partial charge in [-0.05, 0) is 60.8 Å². The molecule has 3 N–H and O–H groups in total. The third-order valence-corrected chi connectivity index (χ3v) is 9.15. The molecule has 7 rings (SSSR count). The summed E-state index contributed by atoms with van der Waals surface area (Å²) in [6, 6.07) is 17.9. The molecule has 9 heteroatoms. The van der Waals surface area contributed by atoms with E-state index < -0.39 is 5.82 Å². The van der Waals surface area contributed by atoms with Crippen LogP contribution in [0.5, 0.6) is 5.75 Å². The van der Waals surface area contributed by atoms with E-state index in [0.717, 1.165) is 55.5 Å². The van der Waals surface area contributed by atoms with Gasteiger partial charge in [0.25, 0.3) is 0 Å². The fourth-order valence-electron chi connectivity index (χ4n) is 7.21. The van der Waals surface area contributed by atoms with Crippen molar-refractivity contribution in [1.29, 1.82) is 5.26 Å². The predicted octanol–water partition coefficient (Wildman–Crippen LogP) is 4.56. The van der Waals surface area contributed by atoms with Crippen LogP contribution in [0.25, 0.3) is 32.8 Å². The molecule has 3 aliphatic heterocycles. The third kappa shape index (κ3) is 4.52. The highest BCUT2D eigenvalue weighted by molar-refractivity contribution is 6.01. The zero-order valence-corrected chi connectivity index (χ0v) is 23.2. The Morgan fingerprint density at radius 1 is 1.07 bits per heavy atom. The second kappa shape index (κ2) is 10.1. The van der Waals surface area contributed by atoms with Crippen LogP contribution in [0.4, 0.5) is 16.2 Å². The number of aromatic nitrogens is 2. The van der Waals surface area contributed by atoms with E-state index in [2.05, 4.69) is 26.5 Å². The fourth-order valence-corrected chi connectivity index (χ4v) is 7.21. The molecule has 0 aliphatic carbocycles. The van der Waals surface area contributed by atoms with E-state index in [4.69, 9.17) is 9.97 Å². The molecule has 210 valence electrons. The highest BCUT2D eigenvalue weighted by atomic mass is 19.1. The van der Waals surface area contributed by atoms with Crippen molar-refractivity contribution in [2.45, 2.75) is 37.8 Å². The van der Waals surface area contributed by atoms with Crippen molar-refractivity contribution in [3.63, 3.8) is 0 Å². The second-order valence-corrected chi connectivity index (χ2v) is 12.0. The SMILES string of the molecule is CNCC1(CC#N)CCN(c2nc(N3CC4CCC(C3)N4)c3ccc(-c4cc(O)cc5ccccc45)c(F)c3n2)C1. The van der Waals surface area contributed by atoms with Gasteiger partial charge in [-0.15, -0.1) is 0 Å². The molecular formula is C32H34FN7O. The van der Waals surface area contributed by atoms with Gasteiger partial charge in [0.1, 0.15) is 17.1 Å². The van der Waals surface area contributed by atoms with E-state index in [1.807, 2.05) is 37.4 Å². The van der Waals surface area contributed by atoms with Crippen molar-refractivity contribution in [1.82, 2.24) is 20.6 Å². The van der Waals surface area contributed by atoms with Crippen LogP contribution in [-0.2, 0) is 0 Å². The lowest BCUT2D eigenvalue weighted by Gasteiger charge is -2.35. The number of hydrogen-bond donors (Lipinski definition) is 3. The molecule has 0 radical (unpaired) electrons. The number of piperazine rings is 1. The number of fused-ring (bicyclic) bond motifs is 4. The summed E-state index contributed by atoms with van der Waals surface area (Å²) in [5, 5.41) is 29.4. The lowest BCUT2D eigenvalue weighted by molar-refractivity contribution is 0.324. The zero-order valence-electron chi connectivity index (χ0n) is 23.2. The monoisotopic (exact) mass is 551 g/mol. The van der Waals surface area contributed by atoms with Crippen molar-refractivity contribution in [3.8, 4) is 22.9 Å². The van der Waals surface area contributed by atoms with Crippen molar-refractivity contribution >= 4 is 33.4 Å². The predicted molar refractivity (Wildman–Crippen MR) is 160 cm³/mol. The Morgan fingerprint density at radius 2 is 1.88 bits per heavy atom. The normalized spacial score (nSPS) is 23.9. The number of nitrogens with one attached hydrogen (secondary N) is 2. The van der Waals surface area contributed by atoms with Gasteiger partial charge < -0.3 is 25.5 Å². The van der Waals surface area contributed by atoms with Gasteiger partial charge in [0.2, 0.25) is 5.95 Å². The fraction of sp³-hybridized carbons (Fsp3) is 0.406. The summed E-state index contributed by atoms with van der Waals surface area (Å²) in [5.41, 5.74) is 1.12. The number of nitrogens with zero attached hydrogens (tertiary/aromatic N) is 5. The van der Waals surface area contributed by atoms with Crippen LogP contribution in [0, 0.1) is 22.6 Å². The number of phenolic OH excluding ortho intramolecular Hbond substituents is 1. The molecule has 3 atom stereocenters. The van der Waals surface area contributed by atoms with Crippen molar-refractivity contribution in [2.24, 2.45) is 5.41 Å². The van der Waals surface area contributed by atoms with Gasteiger partial charge in [-0.2, -0.15) is 10.2 Å². The van der Waals surface area contributed by atoms with Gasteiger partial charge in [0, 0.05) is 67.6 Å². The molecule has 2 bridgehead atoms. The molecule has 41 heavy (non-hydrogen) atoms. The molecule has 3 fully saturated rings. The molecule has 8 nitrogen and oxygen atoms in total. The van der Waals surface area contributed by atoms with Crippen LogP contribution in [0.3, 0.4) is 0 Å². The number of nitriles is 1. The van der Waals surface area contributed by atoms with Crippen LogP contribution in [0.15, 0.2) is 48.5 Å². The Labute approximate surface area is 238 Å². The number of phenols is 1. The standard InChI is InChI=1S/C32H34FN7O/c1-35-18-32(10-12-34)11-13-39(19-32)31-37-29-26(30(38-31)40-16-21-6-7-22(17-40)36-21)9-8-25(28(29)33)27-15-23(41)14-20-4-2-3-5-24(20)27/h2-5,8-9,14-15,21-22,35-36,41H,6-7,10-11,13,16-19H2,1H3. The smallest absolute Gasteiger partial charge is 0.228 e. The number of aromatic hydroxyl groups is 1. The molecule has 0 amide bonds. The van der Waals surface area contributed by atoms with E-state index in [1.165, 1.54) is 0 Å². The van der Waals surface area contributed by atoms with Crippen molar-refractivity contribution in [2.75, 3.05) is 49.6 Å². The number of benzene rings is 3. The Morgan fingerprint density at radius 3 is 2.66 bits per heavy atom. The van der Waals surface area contributed by atoms with Gasteiger partial charge in [0.05, 0.1) is 6.07 Å². The first kappa shape index (κ1) is 25.9. The summed E-state index contributed by atoms with van der Waals surface area (Å²) in [7, 11) is 1.91. The maximum atomic E-state index is 16.7. The van der Waals surface area contributed by atoms with Gasteiger partial charge in [-0.25, -0.2) is 9.37 Å². The van der Waals surface area contributed by atoms with Gasteiger partial charge in [-0.1, -0.05) is 30.3 Å². The number of halogens is 1. The largest absolute Gasteiger partial charge is 0.508 e. The van der Waals surface area contributed by atoms with Gasteiger partial charge in [-0.3, -0.25) is 0 Å². The van der Waals surface area contributed by atoms with Gasteiger partial charge >= 0.3 is 0 Å². The Kier molecular flexibility index (Phi) is 6.40. The van der Waals surface area contributed by atoms with Gasteiger partial charge in [0.15, 0.2) is 5.82 Å². The number of hydrogen-bond acceptors (Lipinski definition) is 8. The molecule has 0 saturated carbocycles.